The van der Waals surface area contributed by atoms with Gasteiger partial charge in [0.05, 0.1) is 0 Å². The lowest BCUT2D eigenvalue weighted by molar-refractivity contribution is -0.139. The van der Waals surface area contributed by atoms with Gasteiger partial charge in [-0.2, -0.15) is 0 Å². The smallest absolute Gasteiger partial charge is 0.322 e. The van der Waals surface area contributed by atoms with Gasteiger partial charge >= 0.3 is 5.97 Å². The van der Waals surface area contributed by atoms with Crippen LogP contribution < -0.4 is 10.2 Å². The Labute approximate surface area is 95.9 Å². The van der Waals surface area contributed by atoms with E-state index in [2.05, 4.69) is 5.32 Å². The number of carbonyl (C=O) groups is 1. The molecular weight excluding hydrogens is 204 g/mol. The first-order valence-electron chi connectivity index (χ1n) is 5.37. The van der Waals surface area contributed by atoms with E-state index in [9.17, 15) is 4.79 Å². The molecule has 0 radical (unpaired) electrons. The molecule has 16 heavy (non-hydrogen) atoms. The van der Waals surface area contributed by atoms with E-state index in [1.807, 2.05) is 49.2 Å². The van der Waals surface area contributed by atoms with Crippen molar-refractivity contribution in [3.63, 3.8) is 0 Å². The van der Waals surface area contributed by atoms with Crippen LogP contribution in [-0.2, 0) is 4.79 Å². The van der Waals surface area contributed by atoms with Gasteiger partial charge in [-0.1, -0.05) is 25.1 Å². The number of nitrogens with zero attached hydrogens (tertiary/aromatic N) is 1. The second-order valence-electron chi connectivity index (χ2n) is 3.66. The molecule has 0 fully saturated rings. The van der Waals surface area contributed by atoms with Crippen LogP contribution in [0.25, 0.3) is 0 Å². The summed E-state index contributed by atoms with van der Waals surface area (Å²) in [7, 11) is 1.89. The third-order valence-electron chi connectivity index (χ3n) is 2.40. The molecule has 4 heteroatoms. The quantitative estimate of drug-likeness (QED) is 0.759. The second-order valence-corrected chi connectivity index (χ2v) is 3.66. The van der Waals surface area contributed by atoms with Crippen molar-refractivity contribution in [3.05, 3.63) is 30.3 Å². The molecule has 0 aliphatic heterocycles. The number of anilines is 1. The number of likely N-dealkylation sites (N-methyl/N-ethyl adjacent to an activating group) is 2. The number of benzene rings is 1. The van der Waals surface area contributed by atoms with E-state index >= 15 is 0 Å². The number of rotatable bonds is 6. The predicted octanol–water partition coefficient (Wildman–Crippen LogP) is 1.19. The molecule has 0 bridgehead atoms. The molecule has 0 aliphatic rings. The average Bonchev–Trinajstić information content (AvgIpc) is 2.29. The highest BCUT2D eigenvalue weighted by Gasteiger charge is 2.17. The van der Waals surface area contributed by atoms with Crippen LogP contribution in [0.1, 0.15) is 6.92 Å². The number of carboxylic acids is 1. The van der Waals surface area contributed by atoms with Crippen LogP contribution in [-0.4, -0.2) is 37.3 Å². The number of para-hydroxylation sites is 1. The minimum absolute atomic E-state index is 0.452. The molecule has 0 saturated heterocycles. The maximum atomic E-state index is 11.0. The Morgan fingerprint density at radius 2 is 2.06 bits per heavy atom. The molecule has 0 aromatic heterocycles. The summed E-state index contributed by atoms with van der Waals surface area (Å²) in [4.78, 5) is 12.9. The standard InChI is InChI=1S/C12H18N2O2/c1-3-13-11(12(15)16)9-14(2)10-7-5-4-6-8-10/h4-8,11,13H,3,9H2,1-2H3,(H,15,16). The third-order valence-corrected chi connectivity index (χ3v) is 2.40. The highest BCUT2D eigenvalue weighted by Crippen LogP contribution is 2.11. The maximum Gasteiger partial charge on any atom is 0.322 e. The molecule has 0 heterocycles. The first kappa shape index (κ1) is 12.5. The minimum atomic E-state index is -0.815. The van der Waals surface area contributed by atoms with E-state index in [0.717, 1.165) is 5.69 Å². The highest BCUT2D eigenvalue weighted by atomic mass is 16.4. The fourth-order valence-electron chi connectivity index (χ4n) is 1.54. The van der Waals surface area contributed by atoms with Crippen molar-refractivity contribution in [2.24, 2.45) is 0 Å². The van der Waals surface area contributed by atoms with Crippen LogP contribution >= 0.6 is 0 Å². The number of hydrogen-bond acceptors (Lipinski definition) is 3. The zero-order chi connectivity index (χ0) is 12.0. The Hall–Kier alpha value is -1.55. The van der Waals surface area contributed by atoms with E-state index in [-0.39, 0.29) is 0 Å². The van der Waals surface area contributed by atoms with Gasteiger partial charge in [0.25, 0.3) is 0 Å². The number of carboxylic acid groups (broad SMARTS) is 1. The van der Waals surface area contributed by atoms with Crippen molar-refractivity contribution in [2.75, 3.05) is 25.0 Å². The lowest BCUT2D eigenvalue weighted by atomic mass is 10.2. The molecule has 1 unspecified atom stereocenters. The summed E-state index contributed by atoms with van der Waals surface area (Å²) in [5.41, 5.74) is 1.02. The van der Waals surface area contributed by atoms with E-state index in [1.54, 1.807) is 0 Å². The number of hydrogen-bond donors (Lipinski definition) is 2. The van der Waals surface area contributed by atoms with Crippen molar-refractivity contribution < 1.29 is 9.90 Å². The van der Waals surface area contributed by atoms with Gasteiger partial charge in [0.1, 0.15) is 6.04 Å². The Morgan fingerprint density at radius 3 is 2.56 bits per heavy atom. The number of aliphatic carboxylic acids is 1. The summed E-state index contributed by atoms with van der Waals surface area (Å²) in [5, 5.41) is 12.0. The largest absolute Gasteiger partial charge is 0.480 e. The van der Waals surface area contributed by atoms with Crippen LogP contribution in [0.15, 0.2) is 30.3 Å². The normalized spacial score (nSPS) is 12.1. The molecule has 0 aliphatic carbocycles. The molecule has 2 N–H and O–H groups in total. The van der Waals surface area contributed by atoms with Gasteiger partial charge in [-0.05, 0) is 18.7 Å². The summed E-state index contributed by atoms with van der Waals surface area (Å²) in [6, 6.07) is 9.21. The van der Waals surface area contributed by atoms with Gasteiger partial charge < -0.3 is 15.3 Å². The van der Waals surface area contributed by atoms with Crippen LogP contribution in [0.4, 0.5) is 5.69 Å². The first-order chi connectivity index (χ1) is 7.65. The predicted molar refractivity (Wildman–Crippen MR) is 64.8 cm³/mol. The molecule has 1 aromatic carbocycles. The van der Waals surface area contributed by atoms with Crippen LogP contribution in [0.2, 0.25) is 0 Å². The average molecular weight is 222 g/mol. The first-order valence-corrected chi connectivity index (χ1v) is 5.37. The summed E-state index contributed by atoms with van der Waals surface area (Å²) in [6.45, 7) is 3.01. The highest BCUT2D eigenvalue weighted by molar-refractivity contribution is 5.74. The summed E-state index contributed by atoms with van der Waals surface area (Å²) in [5.74, 6) is -0.815. The van der Waals surface area contributed by atoms with Gasteiger partial charge in [-0.15, -0.1) is 0 Å². The molecule has 88 valence electrons. The molecule has 4 nitrogen and oxygen atoms in total. The SMILES string of the molecule is CCNC(CN(C)c1ccccc1)C(=O)O. The lowest BCUT2D eigenvalue weighted by Gasteiger charge is -2.23. The van der Waals surface area contributed by atoms with Crippen LogP contribution in [0, 0.1) is 0 Å². The third kappa shape index (κ3) is 3.55. The van der Waals surface area contributed by atoms with Gasteiger partial charge in [0.2, 0.25) is 0 Å². The molecule has 0 amide bonds. The zero-order valence-electron chi connectivity index (χ0n) is 9.68. The Kier molecular flexibility index (Phi) is 4.79. The van der Waals surface area contributed by atoms with Crippen molar-refractivity contribution in [3.8, 4) is 0 Å². The fourth-order valence-corrected chi connectivity index (χ4v) is 1.54. The van der Waals surface area contributed by atoms with Crippen molar-refractivity contribution in [1.29, 1.82) is 0 Å². The fraction of sp³-hybridized carbons (Fsp3) is 0.417. The monoisotopic (exact) mass is 222 g/mol. The summed E-state index contributed by atoms with van der Waals surface area (Å²) >= 11 is 0. The summed E-state index contributed by atoms with van der Waals surface area (Å²) in [6.07, 6.45) is 0. The van der Waals surface area contributed by atoms with Crippen molar-refractivity contribution in [1.82, 2.24) is 5.32 Å². The number of nitrogens with one attached hydrogen (secondary N) is 1. The van der Waals surface area contributed by atoms with E-state index < -0.39 is 12.0 Å². The topological polar surface area (TPSA) is 52.6 Å². The molecule has 0 spiro atoms. The van der Waals surface area contributed by atoms with Gasteiger partial charge in [0, 0.05) is 19.3 Å². The molecule has 1 aromatic rings. The van der Waals surface area contributed by atoms with Gasteiger partial charge in [-0.3, -0.25) is 4.79 Å². The van der Waals surface area contributed by atoms with Crippen LogP contribution in [0.5, 0.6) is 0 Å². The lowest BCUT2D eigenvalue weighted by Crippen LogP contribution is -2.45. The minimum Gasteiger partial charge on any atom is -0.480 e. The van der Waals surface area contributed by atoms with E-state index in [1.165, 1.54) is 0 Å². The molecule has 1 rings (SSSR count). The van der Waals surface area contributed by atoms with E-state index in [4.69, 9.17) is 5.11 Å². The Morgan fingerprint density at radius 1 is 1.44 bits per heavy atom. The van der Waals surface area contributed by atoms with E-state index in [0.29, 0.717) is 13.1 Å². The molecular formula is C12H18N2O2. The Bertz CT molecular complexity index is 327. The zero-order valence-corrected chi connectivity index (χ0v) is 9.68. The maximum absolute atomic E-state index is 11.0. The Balaban J connectivity index is 2.61. The van der Waals surface area contributed by atoms with Crippen molar-refractivity contribution >= 4 is 11.7 Å². The summed E-state index contributed by atoms with van der Waals surface area (Å²) < 4.78 is 0. The van der Waals surface area contributed by atoms with Crippen molar-refractivity contribution in [2.45, 2.75) is 13.0 Å². The molecule has 0 saturated carbocycles. The second kappa shape index (κ2) is 6.12. The van der Waals surface area contributed by atoms with Crippen LogP contribution in [0.3, 0.4) is 0 Å². The molecule has 1 atom stereocenters. The van der Waals surface area contributed by atoms with Gasteiger partial charge in [-0.25, -0.2) is 0 Å². The van der Waals surface area contributed by atoms with Gasteiger partial charge in [0.15, 0.2) is 0 Å².